The van der Waals surface area contributed by atoms with Crippen molar-refractivity contribution >= 4 is 59.3 Å². The molecule has 0 saturated heterocycles. The predicted molar refractivity (Wildman–Crippen MR) is 260 cm³/mol. The molecule has 0 unspecified atom stereocenters. The second-order valence-electron chi connectivity index (χ2n) is 16.4. The van der Waals surface area contributed by atoms with E-state index in [1.54, 1.807) is 0 Å². The monoisotopic (exact) mass is 807 g/mol. The molecule has 1 aliphatic carbocycles. The van der Waals surface area contributed by atoms with E-state index >= 15 is 0 Å². The Morgan fingerprint density at radius 2 is 0.952 bits per heavy atom. The summed E-state index contributed by atoms with van der Waals surface area (Å²) in [7, 11) is 0. The number of rotatable bonds is 5. The molecule has 0 bridgehead atoms. The minimum Gasteiger partial charge on any atom is -0.457 e. The quantitative estimate of drug-likeness (QED) is 0.172. The first kappa shape index (κ1) is 35.1. The normalized spacial score (nSPS) is 13.1. The van der Waals surface area contributed by atoms with Crippen LogP contribution in [0.1, 0.15) is 22.3 Å². The third kappa shape index (κ3) is 5.09. The van der Waals surface area contributed by atoms with E-state index in [1.165, 1.54) is 86.6 Å². The van der Waals surface area contributed by atoms with E-state index in [0.717, 1.165) is 28.6 Å². The van der Waals surface area contributed by atoms with E-state index in [0.29, 0.717) is 0 Å². The number of anilines is 3. The molecule has 10 aromatic carbocycles. The SMILES string of the molecule is c1ccc(-c2ccc(N(c3ccc(-c4cccc5c4-c4ccccc4C54c5ccccc5Oc5ccccc54)cc3)c3ccc4sc5c6ccccc6ccc5c4c3)cc2)cc1. The highest BCUT2D eigenvalue weighted by molar-refractivity contribution is 7.26. The number of fused-ring (bicyclic) bond motifs is 14. The number of benzene rings is 10. The van der Waals surface area contributed by atoms with Crippen molar-refractivity contribution < 1.29 is 4.74 Å². The van der Waals surface area contributed by atoms with Crippen LogP contribution in [0.3, 0.4) is 0 Å². The third-order valence-electron chi connectivity index (χ3n) is 13.1. The van der Waals surface area contributed by atoms with Crippen LogP contribution in [-0.2, 0) is 5.41 Å². The summed E-state index contributed by atoms with van der Waals surface area (Å²) in [5.41, 5.74) is 15.1. The fraction of sp³-hybridized carbons (Fsp3) is 0.0169. The van der Waals surface area contributed by atoms with Gasteiger partial charge in [0, 0.05) is 48.4 Å². The zero-order chi connectivity index (χ0) is 40.8. The van der Waals surface area contributed by atoms with Gasteiger partial charge in [0.05, 0.1) is 5.41 Å². The predicted octanol–water partition coefficient (Wildman–Crippen LogP) is 16.5. The Morgan fingerprint density at radius 1 is 0.371 bits per heavy atom. The zero-order valence-corrected chi connectivity index (χ0v) is 34.4. The molecule has 0 fully saturated rings. The van der Waals surface area contributed by atoms with Gasteiger partial charge in [0.1, 0.15) is 11.5 Å². The molecule has 2 heterocycles. The second kappa shape index (κ2) is 13.7. The standard InChI is InChI=1S/C59H37NOS/c1-2-13-38(14-3-1)39-25-30-42(31-26-39)60(44-34-36-56-49(37-44)47-35-29-40-15-4-5-16-46(40)58(47)62-56)43-32-27-41(28-33-43)45-18-12-22-53-57(45)48-17-6-7-19-50(48)59(53)51-20-8-10-23-54(51)61-55-24-11-9-21-52(55)59/h1-37H. The third-order valence-corrected chi connectivity index (χ3v) is 14.4. The highest BCUT2D eigenvalue weighted by atomic mass is 32.1. The highest BCUT2D eigenvalue weighted by Crippen LogP contribution is 2.63. The minimum atomic E-state index is -0.507. The second-order valence-corrected chi connectivity index (χ2v) is 17.4. The highest BCUT2D eigenvalue weighted by Gasteiger charge is 2.51. The van der Waals surface area contributed by atoms with E-state index in [-0.39, 0.29) is 0 Å². The average Bonchev–Trinajstić information content (AvgIpc) is 3.87. The molecule has 11 aromatic rings. The zero-order valence-electron chi connectivity index (χ0n) is 33.6. The van der Waals surface area contributed by atoms with Gasteiger partial charge in [-0.15, -0.1) is 11.3 Å². The summed E-state index contributed by atoms with van der Waals surface area (Å²) in [4.78, 5) is 2.40. The molecular formula is C59H37NOS. The first-order valence-electron chi connectivity index (χ1n) is 21.2. The maximum atomic E-state index is 6.60. The van der Waals surface area contributed by atoms with Crippen LogP contribution in [0.15, 0.2) is 224 Å². The number of hydrogen-bond donors (Lipinski definition) is 0. The van der Waals surface area contributed by atoms with Crippen molar-refractivity contribution in [1.29, 1.82) is 0 Å². The summed E-state index contributed by atoms with van der Waals surface area (Å²) in [6.07, 6.45) is 0. The van der Waals surface area contributed by atoms with Crippen LogP contribution >= 0.6 is 11.3 Å². The van der Waals surface area contributed by atoms with Gasteiger partial charge in [-0.1, -0.05) is 170 Å². The maximum absolute atomic E-state index is 6.60. The van der Waals surface area contributed by atoms with Crippen LogP contribution in [0.5, 0.6) is 11.5 Å². The van der Waals surface area contributed by atoms with Crippen molar-refractivity contribution in [3.63, 3.8) is 0 Å². The first-order chi connectivity index (χ1) is 30.7. The van der Waals surface area contributed by atoms with E-state index in [2.05, 4.69) is 229 Å². The lowest BCUT2D eigenvalue weighted by atomic mass is 9.66. The lowest BCUT2D eigenvalue weighted by Crippen LogP contribution is -2.32. The molecule has 0 atom stereocenters. The number of thiophene rings is 1. The molecule has 1 aromatic heterocycles. The Morgan fingerprint density at radius 3 is 1.71 bits per heavy atom. The number of nitrogens with zero attached hydrogens (tertiary/aromatic N) is 1. The molecular weight excluding hydrogens is 771 g/mol. The van der Waals surface area contributed by atoms with Crippen LogP contribution in [0.2, 0.25) is 0 Å². The van der Waals surface area contributed by atoms with Crippen molar-refractivity contribution in [3.05, 3.63) is 247 Å². The minimum absolute atomic E-state index is 0.507. The van der Waals surface area contributed by atoms with Gasteiger partial charge in [-0.25, -0.2) is 0 Å². The van der Waals surface area contributed by atoms with Crippen LogP contribution in [-0.4, -0.2) is 0 Å². The number of hydrogen-bond acceptors (Lipinski definition) is 3. The Bertz CT molecular complexity index is 3500. The fourth-order valence-electron chi connectivity index (χ4n) is 10.4. The smallest absolute Gasteiger partial charge is 0.132 e. The summed E-state index contributed by atoms with van der Waals surface area (Å²) < 4.78 is 9.23. The summed E-state index contributed by atoms with van der Waals surface area (Å²) in [6, 6.07) is 82.0. The lowest BCUT2D eigenvalue weighted by molar-refractivity contribution is 0.436. The maximum Gasteiger partial charge on any atom is 0.132 e. The van der Waals surface area contributed by atoms with E-state index in [9.17, 15) is 0 Å². The van der Waals surface area contributed by atoms with E-state index in [1.807, 2.05) is 11.3 Å². The summed E-state index contributed by atoms with van der Waals surface area (Å²) >= 11 is 1.88. The number of para-hydroxylation sites is 2. The summed E-state index contributed by atoms with van der Waals surface area (Å²) in [5.74, 6) is 1.81. The molecule has 1 aliphatic heterocycles. The molecule has 1 spiro atoms. The van der Waals surface area contributed by atoms with Crippen LogP contribution in [0.25, 0.3) is 64.3 Å². The largest absolute Gasteiger partial charge is 0.457 e. The average molecular weight is 808 g/mol. The van der Waals surface area contributed by atoms with E-state index < -0.39 is 5.41 Å². The van der Waals surface area contributed by atoms with Crippen molar-refractivity contribution in [2.75, 3.05) is 4.90 Å². The molecule has 0 amide bonds. The van der Waals surface area contributed by atoms with Crippen LogP contribution < -0.4 is 9.64 Å². The van der Waals surface area contributed by atoms with Crippen molar-refractivity contribution in [2.24, 2.45) is 0 Å². The van der Waals surface area contributed by atoms with E-state index in [4.69, 9.17) is 4.74 Å². The Balaban J connectivity index is 0.969. The molecule has 62 heavy (non-hydrogen) atoms. The molecule has 0 radical (unpaired) electrons. The fourth-order valence-corrected chi connectivity index (χ4v) is 11.7. The van der Waals surface area contributed by atoms with Crippen molar-refractivity contribution in [3.8, 4) is 44.9 Å². The van der Waals surface area contributed by atoms with Gasteiger partial charge in [0.2, 0.25) is 0 Å². The topological polar surface area (TPSA) is 12.5 Å². The van der Waals surface area contributed by atoms with Crippen molar-refractivity contribution in [1.82, 2.24) is 0 Å². The van der Waals surface area contributed by atoms with Crippen LogP contribution in [0, 0.1) is 0 Å². The van der Waals surface area contributed by atoms with Gasteiger partial charge >= 0.3 is 0 Å². The van der Waals surface area contributed by atoms with Gasteiger partial charge in [0.25, 0.3) is 0 Å². The van der Waals surface area contributed by atoms with Gasteiger partial charge in [-0.05, 0) is 110 Å². The molecule has 290 valence electrons. The Kier molecular flexibility index (Phi) is 7.72. The molecule has 0 N–H and O–H groups in total. The summed E-state index contributed by atoms with van der Waals surface area (Å²) in [6.45, 7) is 0. The van der Waals surface area contributed by atoms with Gasteiger partial charge in [-0.2, -0.15) is 0 Å². The molecule has 3 heteroatoms. The Labute approximate surface area is 364 Å². The van der Waals surface area contributed by atoms with Gasteiger partial charge in [0.15, 0.2) is 0 Å². The molecule has 2 aliphatic rings. The first-order valence-corrected chi connectivity index (χ1v) is 22.1. The molecule has 2 nitrogen and oxygen atoms in total. The lowest BCUT2D eigenvalue weighted by Gasteiger charge is -2.39. The number of ether oxygens (including phenoxy) is 1. The van der Waals surface area contributed by atoms with Gasteiger partial charge < -0.3 is 9.64 Å². The molecule has 0 saturated carbocycles. The summed E-state index contributed by atoms with van der Waals surface area (Å²) in [5, 5.41) is 5.16. The Hall–Kier alpha value is -7.72. The van der Waals surface area contributed by atoms with Crippen molar-refractivity contribution in [2.45, 2.75) is 5.41 Å². The molecule has 13 rings (SSSR count). The van der Waals surface area contributed by atoms with Crippen LogP contribution in [0.4, 0.5) is 17.1 Å². The van der Waals surface area contributed by atoms with Gasteiger partial charge in [-0.3, -0.25) is 0 Å².